The third kappa shape index (κ3) is 5.82. The van der Waals surface area contributed by atoms with E-state index in [9.17, 15) is 10.1 Å². The molecule has 0 saturated carbocycles. The van der Waals surface area contributed by atoms with Gasteiger partial charge in [-0.15, -0.1) is 0 Å². The van der Waals surface area contributed by atoms with Crippen molar-refractivity contribution >= 4 is 85.4 Å². The summed E-state index contributed by atoms with van der Waals surface area (Å²) in [5, 5.41) is 12.1. The number of amides is 1. The number of ether oxygens (including phenoxy) is 1. The molecule has 0 radical (unpaired) electrons. The van der Waals surface area contributed by atoms with Gasteiger partial charge in [-0.2, -0.15) is 5.26 Å². The summed E-state index contributed by atoms with van der Waals surface area (Å²) in [6.45, 7) is 2.52. The van der Waals surface area contributed by atoms with Crippen LogP contribution in [0.4, 0.5) is 5.69 Å². The number of anilines is 1. The fourth-order valence-electron chi connectivity index (χ4n) is 1.99. The zero-order valence-corrected chi connectivity index (χ0v) is 19.6. The van der Waals surface area contributed by atoms with Gasteiger partial charge in [0.2, 0.25) is 0 Å². The van der Waals surface area contributed by atoms with E-state index in [-0.39, 0.29) is 5.57 Å². The minimum atomic E-state index is -0.428. The molecule has 0 atom stereocenters. The van der Waals surface area contributed by atoms with Crippen LogP contribution in [-0.4, -0.2) is 12.5 Å². The molecule has 0 unspecified atom stereocenters. The van der Waals surface area contributed by atoms with Gasteiger partial charge >= 0.3 is 0 Å². The van der Waals surface area contributed by atoms with Gasteiger partial charge in [-0.1, -0.05) is 0 Å². The smallest absolute Gasteiger partial charge is 0.266 e. The summed E-state index contributed by atoms with van der Waals surface area (Å²) < 4.78 is 8.56. The summed E-state index contributed by atoms with van der Waals surface area (Å²) in [7, 11) is 0. The molecule has 25 heavy (non-hydrogen) atoms. The molecule has 2 rings (SSSR count). The molecule has 0 fully saturated rings. The summed E-state index contributed by atoms with van der Waals surface area (Å²) in [6.07, 6.45) is 1.59. The van der Waals surface area contributed by atoms with E-state index in [1.165, 1.54) is 0 Å². The molecular weight excluding hydrogens is 657 g/mol. The lowest BCUT2D eigenvalue weighted by molar-refractivity contribution is -0.112. The Bertz CT molecular complexity index is 833. The van der Waals surface area contributed by atoms with E-state index in [2.05, 4.69) is 73.1 Å². The first kappa shape index (κ1) is 20.4. The molecule has 1 N–H and O–H groups in total. The van der Waals surface area contributed by atoms with Gasteiger partial charge in [0.15, 0.2) is 0 Å². The predicted octanol–water partition coefficient (Wildman–Crippen LogP) is 5.44. The Morgan fingerprint density at radius 1 is 1.20 bits per heavy atom. The van der Waals surface area contributed by atoms with Crippen LogP contribution in [0.25, 0.3) is 6.08 Å². The Kier molecular flexibility index (Phi) is 7.95. The average Bonchev–Trinajstić information content (AvgIpc) is 2.58. The minimum Gasteiger partial charge on any atom is -0.492 e. The summed E-state index contributed by atoms with van der Waals surface area (Å²) in [6, 6.07) is 13.1. The van der Waals surface area contributed by atoms with Crippen LogP contribution in [0, 0.1) is 22.0 Å². The molecule has 0 spiro atoms. The van der Waals surface area contributed by atoms with Crippen LogP contribution in [0.5, 0.6) is 5.75 Å². The van der Waals surface area contributed by atoms with Crippen molar-refractivity contribution in [3.63, 3.8) is 0 Å². The first-order chi connectivity index (χ1) is 11.9. The van der Waals surface area contributed by atoms with Gasteiger partial charge in [-0.3, -0.25) is 4.79 Å². The second-order valence-corrected chi connectivity index (χ2v) is 8.45. The maximum absolute atomic E-state index is 12.3. The van der Waals surface area contributed by atoms with Gasteiger partial charge in [-0.05, 0) is 123 Å². The number of halogens is 3. The molecular formula is C18H13I3N2O2. The SMILES string of the molecule is CCOc1c(I)cc(/C=C(\C#N)C(=O)Nc2ccc(I)cc2)cc1I. The zero-order valence-electron chi connectivity index (χ0n) is 13.1. The number of carbonyl (C=O) groups is 1. The number of nitrogens with zero attached hydrogens (tertiary/aromatic N) is 1. The third-order valence-electron chi connectivity index (χ3n) is 3.09. The van der Waals surface area contributed by atoms with Crippen molar-refractivity contribution in [2.45, 2.75) is 6.92 Å². The van der Waals surface area contributed by atoms with E-state index in [1.54, 1.807) is 18.2 Å². The molecule has 0 aliphatic carbocycles. The van der Waals surface area contributed by atoms with Crippen molar-refractivity contribution in [2.75, 3.05) is 11.9 Å². The Morgan fingerprint density at radius 3 is 2.32 bits per heavy atom. The first-order valence-corrected chi connectivity index (χ1v) is 10.5. The molecule has 4 nitrogen and oxygen atoms in total. The number of nitrogens with one attached hydrogen (secondary N) is 1. The van der Waals surface area contributed by atoms with Crippen molar-refractivity contribution in [3.8, 4) is 11.8 Å². The van der Waals surface area contributed by atoms with Crippen molar-refractivity contribution in [1.82, 2.24) is 0 Å². The number of rotatable bonds is 5. The van der Waals surface area contributed by atoms with E-state index in [4.69, 9.17) is 4.74 Å². The Morgan fingerprint density at radius 2 is 1.80 bits per heavy atom. The molecule has 0 aromatic heterocycles. The van der Waals surface area contributed by atoms with Crippen LogP contribution in [0.2, 0.25) is 0 Å². The minimum absolute atomic E-state index is 0.0503. The number of hydrogen-bond acceptors (Lipinski definition) is 3. The lowest BCUT2D eigenvalue weighted by Gasteiger charge is -2.10. The van der Waals surface area contributed by atoms with Crippen LogP contribution in [0.1, 0.15) is 12.5 Å². The lowest BCUT2D eigenvalue weighted by atomic mass is 10.1. The van der Waals surface area contributed by atoms with Crippen LogP contribution < -0.4 is 10.1 Å². The van der Waals surface area contributed by atoms with Crippen LogP contribution in [0.15, 0.2) is 42.0 Å². The van der Waals surface area contributed by atoms with Gasteiger partial charge in [0, 0.05) is 9.26 Å². The average molecular weight is 670 g/mol. The number of hydrogen-bond donors (Lipinski definition) is 1. The molecule has 0 saturated heterocycles. The molecule has 0 bridgehead atoms. The topological polar surface area (TPSA) is 62.1 Å². The Hall–Kier alpha value is -0.870. The lowest BCUT2D eigenvalue weighted by Crippen LogP contribution is -2.13. The largest absolute Gasteiger partial charge is 0.492 e. The van der Waals surface area contributed by atoms with Crippen LogP contribution >= 0.6 is 67.8 Å². The molecule has 0 heterocycles. The molecule has 0 aliphatic rings. The second-order valence-electron chi connectivity index (χ2n) is 4.88. The zero-order chi connectivity index (χ0) is 18.4. The third-order valence-corrected chi connectivity index (χ3v) is 5.41. The summed E-state index contributed by atoms with van der Waals surface area (Å²) >= 11 is 6.57. The highest BCUT2D eigenvalue weighted by Gasteiger charge is 2.12. The van der Waals surface area contributed by atoms with E-state index < -0.39 is 5.91 Å². The molecule has 128 valence electrons. The fraction of sp³-hybridized carbons (Fsp3) is 0.111. The highest BCUT2D eigenvalue weighted by atomic mass is 127. The molecule has 2 aromatic rings. The standard InChI is InChI=1S/C18H13I3N2O2/c1-2-25-17-15(20)8-11(9-16(17)21)7-12(10-22)18(24)23-14-5-3-13(19)4-6-14/h3-9H,2H2,1H3,(H,23,24)/b12-7+. The number of benzene rings is 2. The summed E-state index contributed by atoms with van der Waals surface area (Å²) in [5.41, 5.74) is 1.49. The quantitative estimate of drug-likeness (QED) is 0.262. The van der Waals surface area contributed by atoms with Gasteiger partial charge < -0.3 is 10.1 Å². The molecule has 7 heteroatoms. The summed E-state index contributed by atoms with van der Waals surface area (Å²) in [5.74, 6) is 0.394. The van der Waals surface area contributed by atoms with E-state index >= 15 is 0 Å². The van der Waals surface area contributed by atoms with Crippen molar-refractivity contribution < 1.29 is 9.53 Å². The van der Waals surface area contributed by atoms with Crippen LogP contribution in [-0.2, 0) is 4.79 Å². The second kappa shape index (κ2) is 9.72. The maximum Gasteiger partial charge on any atom is 0.266 e. The van der Waals surface area contributed by atoms with Crippen molar-refractivity contribution in [1.29, 1.82) is 5.26 Å². The van der Waals surface area contributed by atoms with E-state index in [1.807, 2.05) is 37.3 Å². The van der Waals surface area contributed by atoms with Crippen LogP contribution in [0.3, 0.4) is 0 Å². The van der Waals surface area contributed by atoms with Gasteiger partial charge in [0.05, 0.1) is 13.7 Å². The van der Waals surface area contributed by atoms with Crippen molar-refractivity contribution in [3.05, 3.63) is 58.2 Å². The number of carbonyl (C=O) groups excluding carboxylic acids is 1. The van der Waals surface area contributed by atoms with E-state index in [0.717, 1.165) is 22.0 Å². The van der Waals surface area contributed by atoms with Gasteiger partial charge in [0.1, 0.15) is 17.4 Å². The highest BCUT2D eigenvalue weighted by molar-refractivity contribution is 14.1. The van der Waals surface area contributed by atoms with Gasteiger partial charge in [-0.25, -0.2) is 0 Å². The molecule has 1 amide bonds. The molecule has 2 aromatic carbocycles. The predicted molar refractivity (Wildman–Crippen MR) is 124 cm³/mol. The van der Waals surface area contributed by atoms with Crippen molar-refractivity contribution in [2.24, 2.45) is 0 Å². The normalized spacial score (nSPS) is 10.9. The highest BCUT2D eigenvalue weighted by Crippen LogP contribution is 2.29. The number of nitriles is 1. The fourth-order valence-corrected chi connectivity index (χ4v) is 4.48. The maximum atomic E-state index is 12.3. The van der Waals surface area contributed by atoms with Gasteiger partial charge in [0.25, 0.3) is 5.91 Å². The Labute approximate surface area is 187 Å². The Balaban J connectivity index is 2.26. The molecule has 0 aliphatic heterocycles. The summed E-state index contributed by atoms with van der Waals surface area (Å²) in [4.78, 5) is 12.3. The first-order valence-electron chi connectivity index (χ1n) is 7.25. The van der Waals surface area contributed by atoms with E-state index in [0.29, 0.717) is 12.3 Å². The monoisotopic (exact) mass is 670 g/mol.